The molecule has 4 nitrogen and oxygen atoms in total. The van der Waals surface area contributed by atoms with Crippen LogP contribution in [0.2, 0.25) is 0 Å². The normalized spacial score (nSPS) is 10.7. The van der Waals surface area contributed by atoms with Gasteiger partial charge in [-0.1, -0.05) is 5.16 Å². The zero-order chi connectivity index (χ0) is 7.56. The number of anilines is 1. The average Bonchev–Trinajstić information content (AvgIpc) is 2.15. The molecule has 0 aliphatic heterocycles. The van der Waals surface area contributed by atoms with Crippen LogP contribution >= 0.6 is 0 Å². The number of hydrogen-bond acceptors (Lipinski definition) is 4. The van der Waals surface area contributed by atoms with E-state index in [0.717, 1.165) is 12.1 Å². The summed E-state index contributed by atoms with van der Waals surface area (Å²) >= 11 is 0. The molecule has 0 spiro atoms. The summed E-state index contributed by atoms with van der Waals surface area (Å²) < 4.78 is 4.67. The lowest BCUT2D eigenvalue weighted by atomic mass is 10.3. The van der Waals surface area contributed by atoms with Crippen molar-refractivity contribution in [3.05, 3.63) is 11.8 Å². The van der Waals surface area contributed by atoms with Crippen molar-refractivity contribution in [3.8, 4) is 0 Å². The molecule has 4 heteroatoms. The van der Waals surface area contributed by atoms with E-state index in [9.17, 15) is 0 Å². The van der Waals surface area contributed by atoms with E-state index >= 15 is 0 Å². The van der Waals surface area contributed by atoms with Gasteiger partial charge >= 0.3 is 0 Å². The van der Waals surface area contributed by atoms with Gasteiger partial charge in [0, 0.05) is 6.54 Å². The summed E-state index contributed by atoms with van der Waals surface area (Å²) in [5.74, 6) is 0.411. The van der Waals surface area contributed by atoms with Gasteiger partial charge in [-0.25, -0.2) is 0 Å². The molecular weight excluding hydrogens is 130 g/mol. The van der Waals surface area contributed by atoms with Crippen LogP contribution in [0.3, 0.4) is 0 Å². The van der Waals surface area contributed by atoms with Crippen LogP contribution in [-0.4, -0.2) is 24.2 Å². The largest absolute Gasteiger partial charge is 0.367 e. The van der Waals surface area contributed by atoms with Crippen LogP contribution in [0.5, 0.6) is 0 Å². The SMILES string of the molecule is CN(C)Cc1cnoc1N. The van der Waals surface area contributed by atoms with Gasteiger partial charge in [0.25, 0.3) is 0 Å². The molecule has 0 unspecified atom stereocenters. The maximum absolute atomic E-state index is 5.43. The summed E-state index contributed by atoms with van der Waals surface area (Å²) in [6.45, 7) is 0.773. The first-order valence-electron chi connectivity index (χ1n) is 3.04. The molecule has 1 rings (SSSR count). The van der Waals surface area contributed by atoms with Crippen molar-refractivity contribution >= 4 is 5.88 Å². The van der Waals surface area contributed by atoms with Gasteiger partial charge < -0.3 is 15.2 Å². The fourth-order valence-electron chi connectivity index (χ4n) is 0.728. The third-order valence-electron chi connectivity index (χ3n) is 1.16. The summed E-state index contributed by atoms with van der Waals surface area (Å²) in [6, 6.07) is 0. The minimum absolute atomic E-state index is 0.411. The second-order valence-electron chi connectivity index (χ2n) is 2.45. The van der Waals surface area contributed by atoms with Gasteiger partial charge in [0.1, 0.15) is 0 Å². The Balaban J connectivity index is 2.65. The summed E-state index contributed by atoms with van der Waals surface area (Å²) in [6.07, 6.45) is 1.63. The Morgan fingerprint density at radius 2 is 2.40 bits per heavy atom. The van der Waals surface area contributed by atoms with E-state index in [4.69, 9.17) is 5.73 Å². The van der Waals surface area contributed by atoms with Gasteiger partial charge in [-0.05, 0) is 14.1 Å². The Bertz CT molecular complexity index is 207. The predicted molar refractivity (Wildman–Crippen MR) is 38.3 cm³/mol. The van der Waals surface area contributed by atoms with Gasteiger partial charge in [0.2, 0.25) is 5.88 Å². The van der Waals surface area contributed by atoms with Crippen LogP contribution in [0.1, 0.15) is 5.56 Å². The average molecular weight is 141 g/mol. The van der Waals surface area contributed by atoms with E-state index in [1.807, 2.05) is 19.0 Å². The lowest BCUT2D eigenvalue weighted by Crippen LogP contribution is -2.10. The zero-order valence-corrected chi connectivity index (χ0v) is 6.16. The van der Waals surface area contributed by atoms with E-state index in [-0.39, 0.29) is 0 Å². The molecule has 1 aromatic heterocycles. The van der Waals surface area contributed by atoms with Gasteiger partial charge in [-0.15, -0.1) is 0 Å². The van der Waals surface area contributed by atoms with Crippen molar-refractivity contribution in [1.82, 2.24) is 10.1 Å². The molecule has 0 radical (unpaired) electrons. The van der Waals surface area contributed by atoms with E-state index < -0.39 is 0 Å². The first kappa shape index (κ1) is 7.08. The van der Waals surface area contributed by atoms with Gasteiger partial charge in [0.15, 0.2) is 0 Å². The molecule has 1 heterocycles. The highest BCUT2D eigenvalue weighted by Crippen LogP contribution is 2.10. The number of nitrogen functional groups attached to an aromatic ring is 1. The summed E-state index contributed by atoms with van der Waals surface area (Å²) in [4.78, 5) is 2.00. The van der Waals surface area contributed by atoms with E-state index in [2.05, 4.69) is 9.68 Å². The van der Waals surface area contributed by atoms with Crippen LogP contribution in [-0.2, 0) is 6.54 Å². The van der Waals surface area contributed by atoms with Gasteiger partial charge in [-0.2, -0.15) is 0 Å². The number of nitrogens with zero attached hydrogens (tertiary/aromatic N) is 2. The number of aromatic nitrogens is 1. The highest BCUT2D eigenvalue weighted by molar-refractivity contribution is 5.32. The molecule has 56 valence electrons. The van der Waals surface area contributed by atoms with Gasteiger partial charge in [-0.3, -0.25) is 0 Å². The Labute approximate surface area is 59.6 Å². The Kier molecular flexibility index (Phi) is 1.91. The van der Waals surface area contributed by atoms with Crippen molar-refractivity contribution < 1.29 is 4.52 Å². The molecule has 0 bridgehead atoms. The van der Waals surface area contributed by atoms with E-state index in [0.29, 0.717) is 5.88 Å². The number of hydrogen-bond donors (Lipinski definition) is 1. The third-order valence-corrected chi connectivity index (χ3v) is 1.16. The standard InChI is InChI=1S/C6H11N3O/c1-9(2)4-5-3-8-10-6(5)7/h3H,4,7H2,1-2H3. The smallest absolute Gasteiger partial charge is 0.226 e. The first-order valence-corrected chi connectivity index (χ1v) is 3.04. The molecule has 0 amide bonds. The second-order valence-corrected chi connectivity index (χ2v) is 2.45. The van der Waals surface area contributed by atoms with Crippen molar-refractivity contribution in [3.63, 3.8) is 0 Å². The van der Waals surface area contributed by atoms with Crippen LogP contribution in [0.25, 0.3) is 0 Å². The molecule has 0 atom stereocenters. The minimum atomic E-state index is 0.411. The third kappa shape index (κ3) is 1.48. The lowest BCUT2D eigenvalue weighted by molar-refractivity contribution is 0.399. The molecule has 0 aliphatic carbocycles. The summed E-state index contributed by atoms with van der Waals surface area (Å²) in [7, 11) is 3.93. The second kappa shape index (κ2) is 2.70. The van der Waals surface area contributed by atoms with Crippen LogP contribution < -0.4 is 5.73 Å². The maximum atomic E-state index is 5.43. The van der Waals surface area contributed by atoms with E-state index in [1.165, 1.54) is 0 Å². The molecule has 0 fully saturated rings. The highest BCUT2D eigenvalue weighted by atomic mass is 16.5. The molecule has 1 aromatic rings. The summed E-state index contributed by atoms with van der Waals surface area (Å²) in [5.41, 5.74) is 6.37. The highest BCUT2D eigenvalue weighted by Gasteiger charge is 2.03. The molecule has 0 saturated carbocycles. The van der Waals surface area contributed by atoms with Gasteiger partial charge in [0.05, 0.1) is 11.8 Å². The molecule has 0 aromatic carbocycles. The van der Waals surface area contributed by atoms with Crippen LogP contribution in [0, 0.1) is 0 Å². The fraction of sp³-hybridized carbons (Fsp3) is 0.500. The summed E-state index contributed by atoms with van der Waals surface area (Å²) in [5, 5.41) is 3.55. The molecule has 10 heavy (non-hydrogen) atoms. The Hall–Kier alpha value is -1.03. The maximum Gasteiger partial charge on any atom is 0.226 e. The van der Waals surface area contributed by atoms with Crippen molar-refractivity contribution in [2.45, 2.75) is 6.54 Å². The van der Waals surface area contributed by atoms with E-state index in [1.54, 1.807) is 6.20 Å². The minimum Gasteiger partial charge on any atom is -0.367 e. The molecular formula is C6H11N3O. The molecule has 0 aliphatic rings. The van der Waals surface area contributed by atoms with Crippen LogP contribution in [0.15, 0.2) is 10.7 Å². The zero-order valence-electron chi connectivity index (χ0n) is 6.16. The molecule has 2 N–H and O–H groups in total. The lowest BCUT2D eigenvalue weighted by Gasteiger charge is -2.05. The topological polar surface area (TPSA) is 55.3 Å². The fourth-order valence-corrected chi connectivity index (χ4v) is 0.728. The quantitative estimate of drug-likeness (QED) is 0.644. The number of nitrogens with two attached hydrogens (primary N) is 1. The first-order chi connectivity index (χ1) is 4.70. The Morgan fingerprint density at radius 1 is 1.70 bits per heavy atom. The molecule has 0 saturated heterocycles. The predicted octanol–water partition coefficient (Wildman–Crippen LogP) is 0.318. The van der Waals surface area contributed by atoms with Crippen LogP contribution in [0.4, 0.5) is 5.88 Å². The monoisotopic (exact) mass is 141 g/mol. The Morgan fingerprint density at radius 3 is 2.80 bits per heavy atom. The van der Waals surface area contributed by atoms with Crippen molar-refractivity contribution in [1.29, 1.82) is 0 Å². The number of rotatable bonds is 2. The van der Waals surface area contributed by atoms with Crippen molar-refractivity contribution in [2.75, 3.05) is 19.8 Å². The van der Waals surface area contributed by atoms with Crippen molar-refractivity contribution in [2.24, 2.45) is 0 Å².